The molecule has 0 aliphatic heterocycles. The predicted molar refractivity (Wildman–Crippen MR) is 124 cm³/mol. The van der Waals surface area contributed by atoms with Gasteiger partial charge in [-0.15, -0.1) is 0 Å². The number of aromatic nitrogens is 4. The molecule has 0 fully saturated rings. The Bertz CT molecular complexity index is 1250. The highest BCUT2D eigenvalue weighted by molar-refractivity contribution is 8.00. The Kier molecular flexibility index (Phi) is 7.02. The van der Waals surface area contributed by atoms with E-state index < -0.39 is 16.7 Å². The number of rotatable bonds is 7. The number of carbonyl (C=O) groups excluding carboxylic acids is 1. The minimum Gasteiger partial charge on any atom is -0.492 e. The maximum atomic E-state index is 12.8. The number of hydrogen-bond acceptors (Lipinski definition) is 7. The number of carbonyl (C=O) groups is 1. The van der Waals surface area contributed by atoms with Crippen molar-refractivity contribution in [2.24, 2.45) is 14.1 Å². The van der Waals surface area contributed by atoms with E-state index in [1.165, 1.54) is 11.6 Å². The van der Waals surface area contributed by atoms with Crippen molar-refractivity contribution in [1.29, 1.82) is 0 Å². The Morgan fingerprint density at radius 2 is 1.78 bits per heavy atom. The maximum Gasteiger partial charge on any atom is 0.332 e. The third kappa shape index (κ3) is 5.18. The molecule has 10 heteroatoms. The molecule has 0 bridgehead atoms. The molecular weight excluding hydrogens is 430 g/mol. The van der Waals surface area contributed by atoms with Crippen molar-refractivity contribution in [3.63, 3.8) is 0 Å². The molecule has 0 spiro atoms. The lowest BCUT2D eigenvalue weighted by Gasteiger charge is -2.19. The van der Waals surface area contributed by atoms with Crippen LogP contribution in [-0.4, -0.2) is 43.9 Å². The fourth-order valence-corrected chi connectivity index (χ4v) is 3.77. The summed E-state index contributed by atoms with van der Waals surface area (Å²) >= 11 is 1.15. The van der Waals surface area contributed by atoms with Crippen LogP contribution in [0.15, 0.2) is 44.9 Å². The SMILES string of the molecule is Cn1c(=O)c2c(SCC(=O)NCCOc3ccccc3)nc(C(C)(C)C)nc2n(C)c1=O. The van der Waals surface area contributed by atoms with E-state index in [1.807, 2.05) is 51.1 Å². The lowest BCUT2D eigenvalue weighted by atomic mass is 9.96. The van der Waals surface area contributed by atoms with Crippen LogP contribution in [0.1, 0.15) is 26.6 Å². The first-order valence-electron chi connectivity index (χ1n) is 10.1. The van der Waals surface area contributed by atoms with Crippen molar-refractivity contribution in [1.82, 2.24) is 24.4 Å². The van der Waals surface area contributed by atoms with Gasteiger partial charge in [0.05, 0.1) is 12.3 Å². The summed E-state index contributed by atoms with van der Waals surface area (Å²) in [5.74, 6) is 1.08. The normalized spacial score (nSPS) is 11.5. The number of benzene rings is 1. The van der Waals surface area contributed by atoms with Crippen molar-refractivity contribution >= 4 is 28.7 Å². The second-order valence-corrected chi connectivity index (χ2v) is 9.27. The first-order valence-corrected chi connectivity index (χ1v) is 11.1. The van der Waals surface area contributed by atoms with Crippen LogP contribution in [0.5, 0.6) is 5.75 Å². The highest BCUT2D eigenvalue weighted by atomic mass is 32.2. The van der Waals surface area contributed by atoms with Gasteiger partial charge in [-0.2, -0.15) is 0 Å². The van der Waals surface area contributed by atoms with E-state index in [-0.39, 0.29) is 22.7 Å². The van der Waals surface area contributed by atoms with Crippen LogP contribution < -0.4 is 21.3 Å². The molecule has 2 heterocycles. The predicted octanol–water partition coefficient (Wildman–Crippen LogP) is 1.61. The molecule has 170 valence electrons. The van der Waals surface area contributed by atoms with Gasteiger partial charge in [0.1, 0.15) is 28.6 Å². The van der Waals surface area contributed by atoms with Crippen molar-refractivity contribution < 1.29 is 9.53 Å². The first kappa shape index (κ1) is 23.5. The van der Waals surface area contributed by atoms with E-state index in [2.05, 4.69) is 15.3 Å². The van der Waals surface area contributed by atoms with Crippen LogP contribution in [-0.2, 0) is 24.3 Å². The van der Waals surface area contributed by atoms with E-state index in [0.29, 0.717) is 24.0 Å². The van der Waals surface area contributed by atoms with Crippen LogP contribution in [0.25, 0.3) is 11.0 Å². The van der Waals surface area contributed by atoms with Gasteiger partial charge in [0.15, 0.2) is 5.65 Å². The zero-order chi connectivity index (χ0) is 23.5. The summed E-state index contributed by atoms with van der Waals surface area (Å²) in [5.41, 5.74) is -1.09. The van der Waals surface area contributed by atoms with Gasteiger partial charge < -0.3 is 10.1 Å². The van der Waals surface area contributed by atoms with Gasteiger partial charge in [-0.05, 0) is 12.1 Å². The number of nitrogens with one attached hydrogen (secondary N) is 1. The summed E-state index contributed by atoms with van der Waals surface area (Å²) in [4.78, 5) is 46.6. The van der Waals surface area contributed by atoms with Crippen LogP contribution in [0.3, 0.4) is 0 Å². The quantitative estimate of drug-likeness (QED) is 0.326. The molecule has 9 nitrogen and oxygen atoms in total. The van der Waals surface area contributed by atoms with Crippen LogP contribution in [0.2, 0.25) is 0 Å². The summed E-state index contributed by atoms with van der Waals surface area (Å²) < 4.78 is 7.92. The van der Waals surface area contributed by atoms with Crippen molar-refractivity contribution in [2.45, 2.75) is 31.2 Å². The molecule has 0 atom stereocenters. The molecule has 0 saturated carbocycles. The lowest BCUT2D eigenvalue weighted by molar-refractivity contribution is -0.118. The van der Waals surface area contributed by atoms with Gasteiger partial charge in [-0.1, -0.05) is 50.7 Å². The first-order chi connectivity index (χ1) is 15.1. The average Bonchev–Trinajstić information content (AvgIpc) is 2.77. The Morgan fingerprint density at radius 1 is 1.09 bits per heavy atom. The number of nitrogens with zero attached hydrogens (tertiary/aromatic N) is 4. The summed E-state index contributed by atoms with van der Waals surface area (Å²) in [6, 6.07) is 9.35. The number of para-hydroxylation sites is 1. The monoisotopic (exact) mass is 457 g/mol. The minimum atomic E-state index is -0.484. The van der Waals surface area contributed by atoms with E-state index in [9.17, 15) is 14.4 Å². The van der Waals surface area contributed by atoms with Crippen LogP contribution in [0, 0.1) is 0 Å². The highest BCUT2D eigenvalue weighted by Crippen LogP contribution is 2.26. The minimum absolute atomic E-state index is 0.0625. The zero-order valence-electron chi connectivity index (χ0n) is 18.8. The largest absolute Gasteiger partial charge is 0.492 e. The number of amides is 1. The number of aryl methyl sites for hydroxylation is 1. The molecule has 0 radical (unpaired) electrons. The highest BCUT2D eigenvalue weighted by Gasteiger charge is 2.24. The van der Waals surface area contributed by atoms with Gasteiger partial charge in [0.25, 0.3) is 5.56 Å². The van der Waals surface area contributed by atoms with Crippen molar-refractivity contribution in [3.8, 4) is 5.75 Å². The fourth-order valence-electron chi connectivity index (χ4n) is 2.93. The van der Waals surface area contributed by atoms with Gasteiger partial charge in [0, 0.05) is 19.5 Å². The molecule has 0 aliphatic carbocycles. The maximum absolute atomic E-state index is 12.8. The molecule has 32 heavy (non-hydrogen) atoms. The standard InChI is InChI=1S/C22H27N5O4S/c1-22(2,3)20-24-17-16(19(29)27(5)21(30)26(17)4)18(25-20)32-13-15(28)23-11-12-31-14-9-7-6-8-10-14/h6-10H,11-13H2,1-5H3,(H,23,28). The van der Waals surface area contributed by atoms with E-state index in [1.54, 1.807) is 7.05 Å². The molecule has 1 N–H and O–H groups in total. The molecule has 1 amide bonds. The van der Waals surface area contributed by atoms with Gasteiger partial charge in [0.2, 0.25) is 5.91 Å². The zero-order valence-corrected chi connectivity index (χ0v) is 19.7. The van der Waals surface area contributed by atoms with E-state index in [0.717, 1.165) is 22.1 Å². The van der Waals surface area contributed by atoms with Crippen molar-refractivity contribution in [3.05, 3.63) is 57.0 Å². The fraction of sp³-hybridized carbons (Fsp3) is 0.409. The van der Waals surface area contributed by atoms with Gasteiger partial charge in [-0.25, -0.2) is 14.8 Å². The molecule has 3 rings (SSSR count). The summed E-state index contributed by atoms with van der Waals surface area (Å²) in [7, 11) is 2.98. The van der Waals surface area contributed by atoms with E-state index in [4.69, 9.17) is 4.74 Å². The summed E-state index contributed by atoms with van der Waals surface area (Å²) in [5, 5.41) is 3.41. The number of hydrogen-bond donors (Lipinski definition) is 1. The molecule has 2 aromatic heterocycles. The van der Waals surface area contributed by atoms with Gasteiger partial charge >= 0.3 is 5.69 Å². The molecular formula is C22H27N5O4S. The Labute approximate surface area is 189 Å². The molecule has 0 unspecified atom stereocenters. The number of ether oxygens (including phenoxy) is 1. The Hall–Kier alpha value is -3.14. The lowest BCUT2D eigenvalue weighted by Crippen LogP contribution is -2.38. The van der Waals surface area contributed by atoms with Gasteiger partial charge in [-0.3, -0.25) is 18.7 Å². The Morgan fingerprint density at radius 3 is 2.44 bits per heavy atom. The van der Waals surface area contributed by atoms with E-state index >= 15 is 0 Å². The third-order valence-corrected chi connectivity index (χ3v) is 5.69. The smallest absolute Gasteiger partial charge is 0.332 e. The molecule has 0 saturated heterocycles. The summed E-state index contributed by atoms with van der Waals surface area (Å²) in [6.07, 6.45) is 0. The van der Waals surface area contributed by atoms with Crippen molar-refractivity contribution in [2.75, 3.05) is 18.9 Å². The second-order valence-electron chi connectivity index (χ2n) is 8.31. The third-order valence-electron chi connectivity index (χ3n) is 4.71. The van der Waals surface area contributed by atoms with Crippen LogP contribution >= 0.6 is 11.8 Å². The summed E-state index contributed by atoms with van der Waals surface area (Å²) in [6.45, 7) is 6.53. The molecule has 3 aromatic rings. The second kappa shape index (κ2) is 9.56. The Balaban J connectivity index is 1.78. The molecule has 0 aliphatic rings. The number of fused-ring (bicyclic) bond motifs is 1. The topological polar surface area (TPSA) is 108 Å². The average molecular weight is 458 g/mol. The number of thioether (sulfide) groups is 1. The molecule has 1 aromatic carbocycles. The van der Waals surface area contributed by atoms with Crippen LogP contribution in [0.4, 0.5) is 0 Å².